The van der Waals surface area contributed by atoms with Gasteiger partial charge >= 0.3 is 0 Å². The summed E-state index contributed by atoms with van der Waals surface area (Å²) in [6, 6.07) is 12.8. The van der Waals surface area contributed by atoms with Gasteiger partial charge in [-0.3, -0.25) is 4.79 Å². The summed E-state index contributed by atoms with van der Waals surface area (Å²) in [5.74, 6) is 0.546. The molecule has 4 rings (SSSR count). The van der Waals surface area contributed by atoms with Crippen LogP contribution in [0.2, 0.25) is 0 Å². The number of carbonyl (C=O) groups excluding carboxylic acids is 1. The lowest BCUT2D eigenvalue weighted by Crippen LogP contribution is -2.19. The normalized spacial score (nSPS) is 11.0. The third-order valence-corrected chi connectivity index (χ3v) is 4.71. The highest BCUT2D eigenvalue weighted by atomic mass is 16.6. The Morgan fingerprint density at radius 3 is 2.61 bits per heavy atom. The minimum Gasteiger partial charge on any atom is -0.493 e. The molecular weight excluding hydrogens is 428 g/mol. The number of nitrogen functional groups attached to an aromatic ring is 1. The fraction of sp³-hybridized carbons (Fsp3) is 0.143. The van der Waals surface area contributed by atoms with E-state index in [1.807, 2.05) is 31.2 Å². The molecule has 0 bridgehead atoms. The van der Waals surface area contributed by atoms with Crippen LogP contribution in [0.1, 0.15) is 21.6 Å². The third kappa shape index (κ3) is 4.21. The van der Waals surface area contributed by atoms with Crippen LogP contribution in [0.4, 0.5) is 5.82 Å². The molecule has 0 radical (unpaired) electrons. The van der Waals surface area contributed by atoms with E-state index >= 15 is 0 Å². The molecule has 0 spiro atoms. The maximum absolute atomic E-state index is 13.0. The van der Waals surface area contributed by atoms with Crippen LogP contribution in [0.15, 0.2) is 52.2 Å². The van der Waals surface area contributed by atoms with Crippen LogP contribution in [0.5, 0.6) is 11.5 Å². The summed E-state index contributed by atoms with van der Waals surface area (Å²) in [5, 5.41) is 19.4. The second-order valence-corrected chi connectivity index (χ2v) is 6.82. The number of hydrazone groups is 1. The smallest absolute Gasteiger partial charge is 0.294 e. The van der Waals surface area contributed by atoms with Crippen LogP contribution in [-0.2, 0) is 0 Å². The van der Waals surface area contributed by atoms with E-state index in [1.165, 1.54) is 25.1 Å². The Labute approximate surface area is 188 Å². The molecule has 0 saturated heterocycles. The summed E-state index contributed by atoms with van der Waals surface area (Å²) in [7, 11) is 3.05. The molecule has 12 nitrogen and oxygen atoms in total. The maximum atomic E-state index is 13.0. The molecule has 1 amide bonds. The predicted molar refractivity (Wildman–Crippen MR) is 118 cm³/mol. The lowest BCUT2D eigenvalue weighted by atomic mass is 10.1. The van der Waals surface area contributed by atoms with E-state index in [9.17, 15) is 4.79 Å². The van der Waals surface area contributed by atoms with Gasteiger partial charge in [0.15, 0.2) is 17.2 Å². The van der Waals surface area contributed by atoms with Crippen LogP contribution in [-0.4, -0.2) is 51.6 Å². The summed E-state index contributed by atoms with van der Waals surface area (Å²) < 4.78 is 16.6. The molecule has 4 aromatic rings. The number of aryl methyl sites for hydroxylation is 1. The zero-order chi connectivity index (χ0) is 23.4. The second-order valence-electron chi connectivity index (χ2n) is 6.82. The monoisotopic (exact) mass is 448 g/mol. The van der Waals surface area contributed by atoms with E-state index in [2.05, 4.69) is 35.8 Å². The van der Waals surface area contributed by atoms with Gasteiger partial charge in [0.2, 0.25) is 11.6 Å². The van der Waals surface area contributed by atoms with Crippen molar-refractivity contribution in [2.24, 2.45) is 5.10 Å². The van der Waals surface area contributed by atoms with Crippen molar-refractivity contribution in [1.29, 1.82) is 0 Å². The molecule has 0 aliphatic rings. The summed E-state index contributed by atoms with van der Waals surface area (Å²) in [6.07, 6.45) is 1.44. The number of carbonyl (C=O) groups is 1. The number of aromatic nitrogens is 5. The molecule has 3 N–H and O–H groups in total. The molecule has 2 aromatic heterocycles. The topological polar surface area (TPSA) is 156 Å². The summed E-state index contributed by atoms with van der Waals surface area (Å²) in [5.41, 5.74) is 11.0. The molecule has 0 fully saturated rings. The van der Waals surface area contributed by atoms with Crippen molar-refractivity contribution < 1.29 is 18.9 Å². The van der Waals surface area contributed by atoms with Gasteiger partial charge in [-0.2, -0.15) is 9.78 Å². The Balaban J connectivity index is 1.67. The van der Waals surface area contributed by atoms with E-state index in [0.717, 1.165) is 5.56 Å². The Morgan fingerprint density at radius 1 is 1.15 bits per heavy atom. The van der Waals surface area contributed by atoms with Gasteiger partial charge in [-0.1, -0.05) is 41.1 Å². The fourth-order valence-electron chi connectivity index (χ4n) is 3.12. The highest BCUT2D eigenvalue weighted by Gasteiger charge is 2.25. The number of ether oxygens (including phenoxy) is 2. The van der Waals surface area contributed by atoms with Gasteiger partial charge in [0.1, 0.15) is 5.69 Å². The number of methoxy groups -OCH3 is 2. The van der Waals surface area contributed by atoms with Gasteiger partial charge in [-0.05, 0) is 29.4 Å². The first-order chi connectivity index (χ1) is 16.0. The van der Waals surface area contributed by atoms with Gasteiger partial charge < -0.3 is 15.2 Å². The number of amides is 1. The molecule has 0 aliphatic heterocycles. The molecule has 168 valence electrons. The van der Waals surface area contributed by atoms with Crippen molar-refractivity contribution in [2.45, 2.75) is 6.92 Å². The lowest BCUT2D eigenvalue weighted by Gasteiger charge is -2.09. The SMILES string of the molecule is COc1cccc(C=NNC(=O)c2nnn(-c3nonc3N)c2-c2ccc(C)cc2)c1OC. The van der Waals surface area contributed by atoms with Crippen molar-refractivity contribution in [3.05, 3.63) is 59.3 Å². The number of hydrogen-bond acceptors (Lipinski definition) is 10. The maximum Gasteiger partial charge on any atom is 0.294 e. The molecule has 0 atom stereocenters. The number of benzene rings is 2. The Morgan fingerprint density at radius 2 is 1.94 bits per heavy atom. The van der Waals surface area contributed by atoms with Crippen molar-refractivity contribution in [3.8, 4) is 28.6 Å². The molecule has 12 heteroatoms. The number of nitrogens with two attached hydrogens (primary N) is 1. The Bertz CT molecular complexity index is 1310. The van der Waals surface area contributed by atoms with E-state index in [1.54, 1.807) is 18.2 Å². The highest BCUT2D eigenvalue weighted by molar-refractivity contribution is 5.99. The third-order valence-electron chi connectivity index (χ3n) is 4.71. The van der Waals surface area contributed by atoms with Gasteiger partial charge in [-0.25, -0.2) is 10.1 Å². The number of hydrogen-bond donors (Lipinski definition) is 2. The van der Waals surface area contributed by atoms with Gasteiger partial charge in [0.25, 0.3) is 5.91 Å². The number of rotatable bonds is 7. The van der Waals surface area contributed by atoms with Gasteiger partial charge in [0.05, 0.1) is 20.4 Å². The van der Waals surface area contributed by atoms with Crippen LogP contribution in [0.3, 0.4) is 0 Å². The summed E-state index contributed by atoms with van der Waals surface area (Å²) in [6.45, 7) is 1.95. The van der Waals surface area contributed by atoms with Gasteiger partial charge in [0, 0.05) is 11.1 Å². The average Bonchev–Trinajstić information content (AvgIpc) is 3.45. The number of para-hydroxylation sites is 1. The van der Waals surface area contributed by atoms with Crippen LogP contribution >= 0.6 is 0 Å². The molecule has 2 heterocycles. The zero-order valence-corrected chi connectivity index (χ0v) is 18.0. The number of nitrogens with zero attached hydrogens (tertiary/aromatic N) is 6. The van der Waals surface area contributed by atoms with Crippen LogP contribution in [0.25, 0.3) is 17.1 Å². The molecule has 33 heavy (non-hydrogen) atoms. The van der Waals surface area contributed by atoms with E-state index in [-0.39, 0.29) is 17.3 Å². The highest BCUT2D eigenvalue weighted by Crippen LogP contribution is 2.29. The van der Waals surface area contributed by atoms with Gasteiger partial charge in [-0.15, -0.1) is 5.10 Å². The first-order valence-electron chi connectivity index (χ1n) is 9.69. The van der Waals surface area contributed by atoms with E-state index in [0.29, 0.717) is 28.3 Å². The average molecular weight is 448 g/mol. The molecular formula is C21H20N8O4. The van der Waals surface area contributed by atoms with Crippen molar-refractivity contribution in [3.63, 3.8) is 0 Å². The Kier molecular flexibility index (Phi) is 5.98. The molecule has 2 aromatic carbocycles. The minimum absolute atomic E-state index is 0.00311. The van der Waals surface area contributed by atoms with Crippen molar-refractivity contribution in [2.75, 3.05) is 20.0 Å². The van der Waals surface area contributed by atoms with Crippen LogP contribution in [0, 0.1) is 6.92 Å². The molecule has 0 aliphatic carbocycles. The predicted octanol–water partition coefficient (Wildman–Crippen LogP) is 1.99. The van der Waals surface area contributed by atoms with Crippen molar-refractivity contribution >= 4 is 17.9 Å². The first kappa shape index (κ1) is 21.5. The standard InChI is InChI=1S/C21H20N8O4/c1-12-7-9-13(10-8-12)17-16(24-28-29(17)20-19(22)26-33-27-20)21(30)25-23-11-14-5-4-6-15(31-2)18(14)32-3/h4-11H,1-3H3,(H2,22,26)(H,25,30). The van der Waals surface area contributed by atoms with Crippen LogP contribution < -0.4 is 20.6 Å². The quantitative estimate of drug-likeness (QED) is 0.319. The number of anilines is 1. The van der Waals surface area contributed by atoms with E-state index in [4.69, 9.17) is 15.2 Å². The largest absolute Gasteiger partial charge is 0.493 e. The second kappa shape index (κ2) is 9.18. The summed E-state index contributed by atoms with van der Waals surface area (Å²) >= 11 is 0. The molecule has 0 unspecified atom stereocenters. The van der Waals surface area contributed by atoms with Crippen molar-refractivity contribution in [1.82, 2.24) is 30.7 Å². The number of nitrogens with one attached hydrogen (secondary N) is 1. The fourth-order valence-corrected chi connectivity index (χ4v) is 3.12. The minimum atomic E-state index is -0.593. The molecule has 0 saturated carbocycles. The zero-order valence-electron chi connectivity index (χ0n) is 18.0. The summed E-state index contributed by atoms with van der Waals surface area (Å²) in [4.78, 5) is 13.0. The lowest BCUT2D eigenvalue weighted by molar-refractivity contribution is 0.0950. The Hall–Kier alpha value is -4.74. The van der Waals surface area contributed by atoms with E-state index < -0.39 is 5.91 Å². The first-order valence-corrected chi connectivity index (χ1v) is 9.69.